The molecule has 0 amide bonds. The summed E-state index contributed by atoms with van der Waals surface area (Å²) in [7, 11) is 5.00. The first-order valence-corrected chi connectivity index (χ1v) is 5.01. The zero-order chi connectivity index (χ0) is 6.71. The van der Waals surface area contributed by atoms with Gasteiger partial charge in [-0.2, -0.15) is 12.6 Å². The van der Waals surface area contributed by atoms with Gasteiger partial charge < -0.3 is 0 Å². The Morgan fingerprint density at radius 1 is 0.278 bits per heavy atom. The van der Waals surface area contributed by atoms with Crippen molar-refractivity contribution in [1.29, 1.82) is 0 Å². The highest BCUT2D eigenvalue weighted by atomic mass is 32.1. The SMILES string of the molecule is C.C.C.C.C.C.C.C.C.C.C.C.C.C.C.C.C.C.C.C.C.C.C.C.C.C.C.C.C.CCP.CP.CS. The Kier molecular flexibility index (Phi) is 459000. The van der Waals surface area contributed by atoms with Crippen LogP contribution in [-0.4, -0.2) is 19.1 Å². The Morgan fingerprint density at radius 3 is 0.278 bits per heavy atom. The summed E-state index contributed by atoms with van der Waals surface area (Å²) in [5.41, 5.74) is 0. The lowest BCUT2D eigenvalue weighted by atomic mass is 11.0. The summed E-state index contributed by atoms with van der Waals surface area (Å²) in [6.07, 6.45) is 2.86. The van der Waals surface area contributed by atoms with Crippen molar-refractivity contribution in [2.75, 3.05) is 19.1 Å². The topological polar surface area (TPSA) is 0 Å². The maximum absolute atomic E-state index is 3.53. The van der Waals surface area contributed by atoms with Crippen molar-refractivity contribution >= 4 is 31.1 Å². The van der Waals surface area contributed by atoms with Gasteiger partial charge in [0, 0.05) is 0 Å². The van der Waals surface area contributed by atoms with Gasteiger partial charge in [0.15, 0.2) is 0 Å². The van der Waals surface area contributed by atoms with Gasteiger partial charge in [-0.3, -0.25) is 0 Å². The van der Waals surface area contributed by atoms with Crippen LogP contribution in [0.15, 0.2) is 0 Å². The minimum absolute atomic E-state index is 0. The summed E-state index contributed by atoms with van der Waals surface area (Å²) in [4.78, 5) is 0. The van der Waals surface area contributed by atoms with Gasteiger partial charge in [0.05, 0.1) is 0 Å². The van der Waals surface area contributed by atoms with Gasteiger partial charge in [0.1, 0.15) is 0 Å². The Labute approximate surface area is 271 Å². The van der Waals surface area contributed by atoms with Crippen molar-refractivity contribution < 1.29 is 0 Å². The molecule has 0 nitrogen and oxygen atoms in total. The molecule has 0 aromatic carbocycles. The van der Waals surface area contributed by atoms with Crippen molar-refractivity contribution in [3.05, 3.63) is 0 Å². The molecule has 0 heterocycles. The Balaban J connectivity index is -0.000000000159. The number of rotatable bonds is 0. The third-order valence-electron chi connectivity index (χ3n) is 0. The predicted octanol–water partition coefficient (Wildman–Crippen LogP) is 20.4. The molecule has 2 unspecified atom stereocenters. The zero-order valence-corrected chi connectivity index (χ0v) is 8.51. The summed E-state index contributed by atoms with van der Waals surface area (Å²) in [6.45, 7) is 4.00. The number of hydrogen-bond acceptors (Lipinski definition) is 1. The highest BCUT2D eigenvalue weighted by molar-refractivity contribution is 7.79. The van der Waals surface area contributed by atoms with E-state index in [9.17, 15) is 0 Å². The summed E-state index contributed by atoms with van der Waals surface area (Å²) in [6, 6.07) is 0. The van der Waals surface area contributed by atoms with Crippen LogP contribution in [-0.2, 0) is 0 Å². The van der Waals surface area contributed by atoms with Crippen LogP contribution in [0, 0.1) is 0 Å². The lowest BCUT2D eigenvalue weighted by molar-refractivity contribution is 1.53. The zero-order valence-electron chi connectivity index (χ0n) is 5.31. The first kappa shape index (κ1) is 1800. The maximum atomic E-state index is 3.53. The van der Waals surface area contributed by atoms with Crippen molar-refractivity contribution in [2.24, 2.45) is 0 Å². The van der Waals surface area contributed by atoms with Crippen LogP contribution in [0.2, 0.25) is 0 Å². The van der Waals surface area contributed by atoms with Gasteiger partial charge in [-0.15, -0.1) is 18.5 Å². The number of hydrogen-bond donors (Lipinski definition) is 1. The summed E-state index contributed by atoms with van der Waals surface area (Å²) in [5, 5.41) is 0. The van der Waals surface area contributed by atoms with Crippen molar-refractivity contribution in [2.45, 2.75) is 222 Å². The Bertz CT molecular complexity index is 17.7. The van der Waals surface area contributed by atoms with E-state index >= 15 is 0 Å². The standard InChI is InChI=1S/C2H7P.CH5P.CH4S.29CH4/c1-2-3;2*1-2;;;;;;;;;;;;;;;;;;;;;;;;;;;;;/h2-3H2,1H3;2H2,1H3;2H,1H3;29*1H4. The molecule has 0 aromatic rings. The molecule has 0 aliphatic carbocycles. The van der Waals surface area contributed by atoms with E-state index in [-0.39, 0.29) is 215 Å². The second-order valence-electron chi connectivity index (χ2n) is 0.408. The van der Waals surface area contributed by atoms with E-state index < -0.39 is 0 Å². The molecular weight excluding hydrogens is 490 g/mol. The average Bonchev–Trinajstić information content (AvgIpc) is 1.78. The minimum Gasteiger partial charge on any atom is -0.183 e. The van der Waals surface area contributed by atoms with Crippen LogP contribution in [0.4, 0.5) is 0 Å². The smallest absolute Gasteiger partial charge is 0.0215 e. The van der Waals surface area contributed by atoms with Crippen molar-refractivity contribution in [3.8, 4) is 0 Å². The van der Waals surface area contributed by atoms with E-state index in [0.717, 1.165) is 0 Å². The fraction of sp³-hybridized carbons (Fsp3) is 1.00. The second-order valence-corrected chi connectivity index (χ2v) is 1.22. The first-order chi connectivity index (χ1) is 3.41. The molecule has 0 bridgehead atoms. The van der Waals surface area contributed by atoms with Crippen molar-refractivity contribution in [1.82, 2.24) is 0 Å². The summed E-state index contributed by atoms with van der Waals surface area (Å²) < 4.78 is 0. The van der Waals surface area contributed by atoms with Gasteiger partial charge in [0.2, 0.25) is 0 Å². The molecule has 0 saturated carbocycles. The molecule has 0 aliphatic heterocycles. The fourth-order valence-electron chi connectivity index (χ4n) is 0. The summed E-state index contributed by atoms with van der Waals surface area (Å²) in [5.74, 6) is 0. The van der Waals surface area contributed by atoms with Crippen LogP contribution in [0.5, 0.6) is 0 Å². The van der Waals surface area contributed by atoms with Gasteiger partial charge >= 0.3 is 0 Å². The van der Waals surface area contributed by atoms with Crippen LogP contribution >= 0.6 is 31.1 Å². The normalized spacial score (nSPS) is 0.833. The van der Waals surface area contributed by atoms with Gasteiger partial charge in [-0.1, -0.05) is 229 Å². The van der Waals surface area contributed by atoms with E-state index in [1.165, 1.54) is 6.16 Å². The largest absolute Gasteiger partial charge is 0.183 e. The molecule has 0 fully saturated rings. The van der Waals surface area contributed by atoms with Gasteiger partial charge in [-0.05, 0) is 12.4 Å². The second kappa shape index (κ2) is 9190. The quantitative estimate of drug-likeness (QED) is 0.202. The number of thiol groups is 1. The van der Waals surface area contributed by atoms with Crippen molar-refractivity contribution in [3.63, 3.8) is 0 Å². The molecule has 0 saturated heterocycles. The van der Waals surface area contributed by atoms with Gasteiger partial charge in [0.25, 0.3) is 0 Å². The van der Waals surface area contributed by atoms with Gasteiger partial charge in [-0.25, -0.2) is 0 Å². The molecule has 0 aliphatic rings. The highest BCUT2D eigenvalue weighted by Gasteiger charge is 1.35. The first-order valence-electron chi connectivity index (χ1n) is 2.14. The minimum atomic E-state index is 0. The fourth-order valence-corrected chi connectivity index (χ4v) is 0. The molecule has 0 radical (unpaired) electrons. The lowest BCUT2D eigenvalue weighted by Crippen LogP contribution is -1.33. The van der Waals surface area contributed by atoms with E-state index in [4.69, 9.17) is 0 Å². The van der Waals surface area contributed by atoms with E-state index in [0.29, 0.717) is 0 Å². The molecule has 280 valence electrons. The molecule has 0 N–H and O–H groups in total. The third kappa shape index (κ3) is 28100. The highest BCUT2D eigenvalue weighted by Crippen LogP contribution is 1.68. The molecule has 0 aromatic heterocycles. The van der Waals surface area contributed by atoms with Crippen LogP contribution < -0.4 is 0 Å². The third-order valence-corrected chi connectivity index (χ3v) is 0. The molecule has 0 rings (SSSR count). The molecule has 3 heteroatoms. The van der Waals surface area contributed by atoms with E-state index in [1.54, 1.807) is 6.26 Å². The van der Waals surface area contributed by atoms with Crippen LogP contribution in [0.3, 0.4) is 0 Å². The van der Waals surface area contributed by atoms with E-state index in [1.807, 2.05) is 6.66 Å². The van der Waals surface area contributed by atoms with E-state index in [2.05, 4.69) is 38.0 Å². The molecule has 2 atom stereocenters. The Hall–Kier alpha value is 1.21. The summed E-state index contributed by atoms with van der Waals surface area (Å²) >= 11 is 3.53. The lowest BCUT2D eigenvalue weighted by Gasteiger charge is -1.48. The van der Waals surface area contributed by atoms with Crippen LogP contribution in [0.25, 0.3) is 0 Å². The predicted molar refractivity (Wildman–Crippen MR) is 246 cm³/mol. The Morgan fingerprint density at radius 2 is 0.278 bits per heavy atom. The van der Waals surface area contributed by atoms with Crippen LogP contribution in [0.1, 0.15) is 222 Å². The molecule has 0 spiro atoms. The monoisotopic (exact) mass is 623 g/mol. The molecule has 36 heavy (non-hydrogen) atoms. The maximum Gasteiger partial charge on any atom is -0.0215 e. The average molecular weight is 623 g/mol. The molecular formula is C33H132P2S.